The summed E-state index contributed by atoms with van der Waals surface area (Å²) in [5.74, 6) is -0.555. The van der Waals surface area contributed by atoms with Crippen LogP contribution in [-0.2, 0) is 9.59 Å². The Hall–Kier alpha value is -0.920. The summed E-state index contributed by atoms with van der Waals surface area (Å²) in [6.45, 7) is 1.99. The fraction of sp³-hybridized carbons (Fsp3) is 0.500. The number of ketones is 2. The number of hydrogen-bond acceptors (Lipinski definition) is 2. The van der Waals surface area contributed by atoms with Crippen molar-refractivity contribution in [2.45, 2.75) is 26.2 Å². The minimum Gasteiger partial charge on any atom is -0.290 e. The molecule has 0 aliphatic heterocycles. The topological polar surface area (TPSA) is 34.1 Å². The summed E-state index contributed by atoms with van der Waals surface area (Å²) in [6, 6.07) is 0. The molecule has 0 atom stereocenters. The summed E-state index contributed by atoms with van der Waals surface area (Å²) in [5.41, 5.74) is 1.10. The molecule has 2 nitrogen and oxygen atoms in total. The van der Waals surface area contributed by atoms with Gasteiger partial charge in [0.2, 0.25) is 11.6 Å². The van der Waals surface area contributed by atoms with Crippen LogP contribution in [0.15, 0.2) is 11.6 Å². The standard InChI is InChI=1S/C8H10O2/c1-2-6-3-4-7(9)8(10)5-6/h5H,2-4H2,1H3. The summed E-state index contributed by atoms with van der Waals surface area (Å²) in [4.78, 5) is 21.4. The van der Waals surface area contributed by atoms with Crippen molar-refractivity contribution in [3.8, 4) is 0 Å². The van der Waals surface area contributed by atoms with Gasteiger partial charge in [-0.3, -0.25) is 9.59 Å². The van der Waals surface area contributed by atoms with Gasteiger partial charge >= 0.3 is 0 Å². The van der Waals surface area contributed by atoms with Crippen molar-refractivity contribution in [2.75, 3.05) is 0 Å². The van der Waals surface area contributed by atoms with Gasteiger partial charge in [-0.1, -0.05) is 12.5 Å². The van der Waals surface area contributed by atoms with Crippen molar-refractivity contribution in [1.29, 1.82) is 0 Å². The van der Waals surface area contributed by atoms with Crippen LogP contribution in [0.4, 0.5) is 0 Å². The number of rotatable bonds is 1. The van der Waals surface area contributed by atoms with E-state index in [1.165, 1.54) is 6.08 Å². The molecule has 10 heavy (non-hydrogen) atoms. The fourth-order valence-electron chi connectivity index (χ4n) is 1.01. The molecule has 0 saturated heterocycles. The Kier molecular flexibility index (Phi) is 2.00. The van der Waals surface area contributed by atoms with Gasteiger partial charge in [-0.15, -0.1) is 0 Å². The first kappa shape index (κ1) is 7.19. The van der Waals surface area contributed by atoms with Crippen molar-refractivity contribution >= 4 is 11.6 Å². The molecular weight excluding hydrogens is 128 g/mol. The third-order valence-corrected chi connectivity index (χ3v) is 1.74. The highest BCUT2D eigenvalue weighted by Crippen LogP contribution is 2.14. The molecule has 0 amide bonds. The van der Waals surface area contributed by atoms with E-state index in [-0.39, 0.29) is 11.6 Å². The van der Waals surface area contributed by atoms with Crippen molar-refractivity contribution in [3.63, 3.8) is 0 Å². The molecule has 0 spiro atoms. The van der Waals surface area contributed by atoms with Crippen LogP contribution in [0.5, 0.6) is 0 Å². The predicted molar refractivity (Wildman–Crippen MR) is 37.6 cm³/mol. The molecule has 1 aliphatic carbocycles. The van der Waals surface area contributed by atoms with Gasteiger partial charge < -0.3 is 0 Å². The van der Waals surface area contributed by atoms with Gasteiger partial charge in [0.25, 0.3) is 0 Å². The Balaban J connectivity index is 2.75. The molecule has 0 unspecified atom stereocenters. The van der Waals surface area contributed by atoms with Crippen molar-refractivity contribution < 1.29 is 9.59 Å². The van der Waals surface area contributed by atoms with Gasteiger partial charge in [0.1, 0.15) is 0 Å². The van der Waals surface area contributed by atoms with Gasteiger partial charge in [-0.2, -0.15) is 0 Å². The molecule has 0 aromatic heterocycles. The van der Waals surface area contributed by atoms with Crippen molar-refractivity contribution in [1.82, 2.24) is 0 Å². The molecule has 0 heterocycles. The largest absolute Gasteiger partial charge is 0.290 e. The Morgan fingerprint density at radius 3 is 2.60 bits per heavy atom. The first-order valence-electron chi connectivity index (χ1n) is 3.50. The van der Waals surface area contributed by atoms with E-state index in [0.29, 0.717) is 6.42 Å². The Labute approximate surface area is 59.9 Å². The van der Waals surface area contributed by atoms with Crippen LogP contribution < -0.4 is 0 Å². The lowest BCUT2D eigenvalue weighted by atomic mass is 9.96. The maximum atomic E-state index is 10.7. The average molecular weight is 138 g/mol. The van der Waals surface area contributed by atoms with E-state index in [2.05, 4.69) is 0 Å². The van der Waals surface area contributed by atoms with Crippen LogP contribution in [0, 0.1) is 0 Å². The molecule has 54 valence electrons. The molecule has 0 aromatic rings. The van der Waals surface area contributed by atoms with E-state index in [9.17, 15) is 9.59 Å². The quantitative estimate of drug-likeness (QED) is 0.511. The molecule has 2 heteroatoms. The van der Waals surface area contributed by atoms with Crippen LogP contribution in [0.1, 0.15) is 26.2 Å². The molecule has 0 fully saturated rings. The normalized spacial score (nSPS) is 19.1. The summed E-state index contributed by atoms with van der Waals surface area (Å²) >= 11 is 0. The summed E-state index contributed by atoms with van der Waals surface area (Å²) in [6.07, 6.45) is 3.56. The van der Waals surface area contributed by atoms with Crippen LogP contribution in [0.25, 0.3) is 0 Å². The zero-order valence-corrected chi connectivity index (χ0v) is 6.02. The minimum atomic E-state index is -0.317. The van der Waals surface area contributed by atoms with E-state index < -0.39 is 0 Å². The lowest BCUT2D eigenvalue weighted by Crippen LogP contribution is -2.15. The van der Waals surface area contributed by atoms with Gasteiger partial charge in [0.15, 0.2) is 0 Å². The lowest BCUT2D eigenvalue weighted by Gasteiger charge is -2.07. The van der Waals surface area contributed by atoms with Crippen LogP contribution in [0.2, 0.25) is 0 Å². The molecular formula is C8H10O2. The van der Waals surface area contributed by atoms with E-state index in [0.717, 1.165) is 18.4 Å². The fourth-order valence-corrected chi connectivity index (χ4v) is 1.01. The second-order valence-corrected chi connectivity index (χ2v) is 2.44. The zero-order chi connectivity index (χ0) is 7.56. The average Bonchev–Trinajstić information content (AvgIpc) is 1.95. The third-order valence-electron chi connectivity index (χ3n) is 1.74. The lowest BCUT2D eigenvalue weighted by molar-refractivity contribution is -0.134. The van der Waals surface area contributed by atoms with Crippen LogP contribution in [-0.4, -0.2) is 11.6 Å². The monoisotopic (exact) mass is 138 g/mol. The Bertz CT molecular complexity index is 201. The minimum absolute atomic E-state index is 0.239. The van der Waals surface area contributed by atoms with Crippen LogP contribution >= 0.6 is 0 Å². The third kappa shape index (κ3) is 1.32. The molecule has 0 N–H and O–H groups in total. The van der Waals surface area contributed by atoms with Crippen molar-refractivity contribution in [2.24, 2.45) is 0 Å². The highest BCUT2D eigenvalue weighted by molar-refractivity contribution is 6.42. The maximum Gasteiger partial charge on any atom is 0.221 e. The first-order valence-corrected chi connectivity index (χ1v) is 3.50. The maximum absolute atomic E-state index is 10.7. The number of Topliss-reactive ketones (excluding diaryl/α,β-unsaturated/α-hetero) is 1. The Morgan fingerprint density at radius 2 is 2.10 bits per heavy atom. The zero-order valence-electron chi connectivity index (χ0n) is 6.02. The number of carbonyl (C=O) groups excluding carboxylic acids is 2. The summed E-state index contributed by atoms with van der Waals surface area (Å²) < 4.78 is 0. The number of hydrogen-bond donors (Lipinski definition) is 0. The SMILES string of the molecule is CCC1=CC(=O)C(=O)CC1. The van der Waals surface area contributed by atoms with Crippen molar-refractivity contribution in [3.05, 3.63) is 11.6 Å². The number of allylic oxidation sites excluding steroid dienone is 2. The molecule has 0 aromatic carbocycles. The molecule has 1 aliphatic rings. The first-order chi connectivity index (χ1) is 4.74. The van der Waals surface area contributed by atoms with Gasteiger partial charge in [0.05, 0.1) is 0 Å². The van der Waals surface area contributed by atoms with E-state index in [1.807, 2.05) is 6.92 Å². The molecule has 0 radical (unpaired) electrons. The summed E-state index contributed by atoms with van der Waals surface area (Å²) in [7, 11) is 0. The molecule has 0 saturated carbocycles. The van der Waals surface area contributed by atoms with E-state index >= 15 is 0 Å². The smallest absolute Gasteiger partial charge is 0.221 e. The van der Waals surface area contributed by atoms with Gasteiger partial charge in [0, 0.05) is 6.42 Å². The molecule has 0 bridgehead atoms. The van der Waals surface area contributed by atoms with E-state index in [1.54, 1.807) is 0 Å². The Morgan fingerprint density at radius 1 is 1.40 bits per heavy atom. The molecule has 1 rings (SSSR count). The predicted octanol–water partition coefficient (Wildman–Crippen LogP) is 1.25. The highest BCUT2D eigenvalue weighted by atomic mass is 16.2. The van der Waals surface area contributed by atoms with Crippen LogP contribution in [0.3, 0.4) is 0 Å². The van der Waals surface area contributed by atoms with Gasteiger partial charge in [-0.25, -0.2) is 0 Å². The second kappa shape index (κ2) is 2.78. The van der Waals surface area contributed by atoms with Gasteiger partial charge in [-0.05, 0) is 18.9 Å². The highest BCUT2D eigenvalue weighted by Gasteiger charge is 2.16. The number of carbonyl (C=O) groups is 2. The van der Waals surface area contributed by atoms with E-state index in [4.69, 9.17) is 0 Å². The second-order valence-electron chi connectivity index (χ2n) is 2.44. The summed E-state index contributed by atoms with van der Waals surface area (Å²) in [5, 5.41) is 0.